The normalized spacial score (nSPS) is 18.3. The van der Waals surface area contributed by atoms with Crippen molar-refractivity contribution in [2.75, 3.05) is 24.6 Å². The van der Waals surface area contributed by atoms with Crippen LogP contribution in [0.15, 0.2) is 34.2 Å². The Morgan fingerprint density at radius 2 is 2.29 bits per heavy atom. The van der Waals surface area contributed by atoms with E-state index in [9.17, 15) is 0 Å². The molecule has 1 saturated heterocycles. The fourth-order valence-electron chi connectivity index (χ4n) is 2.98. The van der Waals surface area contributed by atoms with Gasteiger partial charge in [0.25, 0.3) is 0 Å². The van der Waals surface area contributed by atoms with Gasteiger partial charge in [0.05, 0.1) is 23.7 Å². The summed E-state index contributed by atoms with van der Waals surface area (Å²) < 4.78 is 6.90. The molecule has 124 valence electrons. The van der Waals surface area contributed by atoms with Gasteiger partial charge in [0.1, 0.15) is 11.1 Å². The molecule has 0 bridgehead atoms. The van der Waals surface area contributed by atoms with E-state index in [1.54, 1.807) is 11.3 Å². The molecule has 1 aliphatic rings. The standard InChI is InChI=1S/C17H15BrClN3OS/c1-10-9-24-17(21-10)15-8-22(4-5-23-15)14-2-3-20-16-12(14)6-11(18)7-13(16)19/h2-3,6-7,9,15H,4-5,8H2,1H3. The zero-order valence-corrected chi connectivity index (χ0v) is 16.2. The second-order valence-corrected chi connectivity index (χ2v) is 7.96. The molecule has 0 spiro atoms. The van der Waals surface area contributed by atoms with Crippen molar-refractivity contribution >= 4 is 55.5 Å². The molecule has 24 heavy (non-hydrogen) atoms. The van der Waals surface area contributed by atoms with Crippen molar-refractivity contribution in [2.45, 2.75) is 13.0 Å². The summed E-state index contributed by atoms with van der Waals surface area (Å²) in [6.45, 7) is 4.30. The summed E-state index contributed by atoms with van der Waals surface area (Å²) in [4.78, 5) is 11.3. The van der Waals surface area contributed by atoms with Crippen LogP contribution in [-0.2, 0) is 4.74 Å². The molecule has 4 rings (SSSR count). The number of halogens is 2. The van der Waals surface area contributed by atoms with Gasteiger partial charge >= 0.3 is 0 Å². The van der Waals surface area contributed by atoms with E-state index in [4.69, 9.17) is 16.3 Å². The molecule has 0 radical (unpaired) electrons. The minimum absolute atomic E-state index is 0.00305. The van der Waals surface area contributed by atoms with Crippen LogP contribution in [0.1, 0.15) is 16.8 Å². The molecular formula is C17H15BrClN3OS. The monoisotopic (exact) mass is 423 g/mol. The summed E-state index contributed by atoms with van der Waals surface area (Å²) in [6, 6.07) is 5.99. The molecule has 0 amide bonds. The van der Waals surface area contributed by atoms with E-state index in [-0.39, 0.29) is 6.10 Å². The average Bonchev–Trinajstić information content (AvgIpc) is 3.01. The Hall–Kier alpha value is -1.21. The summed E-state index contributed by atoms with van der Waals surface area (Å²) >= 11 is 11.5. The predicted molar refractivity (Wildman–Crippen MR) is 102 cm³/mol. The molecule has 1 aromatic carbocycles. The van der Waals surface area contributed by atoms with Crippen LogP contribution in [0.2, 0.25) is 5.02 Å². The maximum absolute atomic E-state index is 6.36. The van der Waals surface area contributed by atoms with Gasteiger partial charge in [-0.05, 0) is 25.1 Å². The lowest BCUT2D eigenvalue weighted by Crippen LogP contribution is -2.38. The van der Waals surface area contributed by atoms with Gasteiger partial charge in [-0.25, -0.2) is 4.98 Å². The Morgan fingerprint density at radius 1 is 1.42 bits per heavy atom. The molecule has 0 saturated carbocycles. The van der Waals surface area contributed by atoms with Gasteiger partial charge < -0.3 is 9.64 Å². The van der Waals surface area contributed by atoms with E-state index in [1.165, 1.54) is 0 Å². The highest BCUT2D eigenvalue weighted by Crippen LogP contribution is 2.35. The van der Waals surface area contributed by atoms with E-state index >= 15 is 0 Å². The minimum atomic E-state index is 0.00305. The van der Waals surface area contributed by atoms with Gasteiger partial charge in [-0.15, -0.1) is 11.3 Å². The summed E-state index contributed by atoms with van der Waals surface area (Å²) in [5.74, 6) is 0. The molecule has 4 nitrogen and oxygen atoms in total. The Morgan fingerprint density at radius 3 is 3.08 bits per heavy atom. The summed E-state index contributed by atoms with van der Waals surface area (Å²) in [7, 11) is 0. The van der Waals surface area contributed by atoms with Gasteiger partial charge in [-0.2, -0.15) is 0 Å². The molecule has 2 aromatic heterocycles. The highest BCUT2D eigenvalue weighted by molar-refractivity contribution is 9.10. The van der Waals surface area contributed by atoms with Gasteiger partial charge in [0.15, 0.2) is 0 Å². The van der Waals surface area contributed by atoms with E-state index in [2.05, 4.69) is 42.2 Å². The van der Waals surface area contributed by atoms with Gasteiger partial charge in [-0.3, -0.25) is 4.98 Å². The highest BCUT2D eigenvalue weighted by atomic mass is 79.9. The van der Waals surface area contributed by atoms with E-state index in [1.807, 2.05) is 25.3 Å². The number of rotatable bonds is 2. The zero-order valence-electron chi connectivity index (χ0n) is 13.0. The molecule has 1 fully saturated rings. The highest BCUT2D eigenvalue weighted by Gasteiger charge is 2.25. The third kappa shape index (κ3) is 3.04. The Bertz CT molecular complexity index is 901. The first-order valence-electron chi connectivity index (χ1n) is 7.64. The largest absolute Gasteiger partial charge is 0.367 e. The first-order valence-corrected chi connectivity index (χ1v) is 9.69. The molecule has 1 unspecified atom stereocenters. The number of nitrogens with zero attached hydrogens (tertiary/aromatic N) is 3. The molecule has 0 N–H and O–H groups in total. The Balaban J connectivity index is 1.72. The van der Waals surface area contributed by atoms with Crippen LogP contribution in [0.4, 0.5) is 5.69 Å². The van der Waals surface area contributed by atoms with E-state index in [0.29, 0.717) is 11.6 Å². The second-order valence-electron chi connectivity index (χ2n) is 5.75. The number of hydrogen-bond donors (Lipinski definition) is 0. The molecule has 1 aliphatic heterocycles. The maximum atomic E-state index is 6.36. The van der Waals surface area contributed by atoms with Gasteiger partial charge in [0.2, 0.25) is 0 Å². The van der Waals surface area contributed by atoms with Crippen LogP contribution in [0, 0.1) is 6.92 Å². The number of ether oxygens (including phenoxy) is 1. The van der Waals surface area contributed by atoms with Crippen LogP contribution in [0.5, 0.6) is 0 Å². The molecule has 0 aliphatic carbocycles. The van der Waals surface area contributed by atoms with Crippen molar-refractivity contribution < 1.29 is 4.74 Å². The number of hydrogen-bond acceptors (Lipinski definition) is 5. The molecule has 7 heteroatoms. The number of thiazole rings is 1. The minimum Gasteiger partial charge on any atom is -0.367 e. The van der Waals surface area contributed by atoms with Crippen molar-refractivity contribution in [1.29, 1.82) is 0 Å². The van der Waals surface area contributed by atoms with Crippen LogP contribution < -0.4 is 4.90 Å². The first kappa shape index (κ1) is 16.3. The van der Waals surface area contributed by atoms with Gasteiger partial charge in [0, 0.05) is 39.4 Å². The van der Waals surface area contributed by atoms with Crippen molar-refractivity contribution in [3.8, 4) is 0 Å². The number of pyridine rings is 1. The van der Waals surface area contributed by atoms with E-state index in [0.717, 1.165) is 44.9 Å². The SMILES string of the molecule is Cc1csc(C2CN(c3ccnc4c(Cl)cc(Br)cc34)CCO2)n1. The lowest BCUT2D eigenvalue weighted by molar-refractivity contribution is 0.0397. The Kier molecular flexibility index (Phi) is 4.47. The summed E-state index contributed by atoms with van der Waals surface area (Å²) in [5.41, 5.74) is 3.00. The van der Waals surface area contributed by atoms with Gasteiger partial charge in [-0.1, -0.05) is 27.5 Å². The van der Waals surface area contributed by atoms with Crippen molar-refractivity contribution in [1.82, 2.24) is 9.97 Å². The lowest BCUT2D eigenvalue weighted by Gasteiger charge is -2.34. The number of aryl methyl sites for hydroxylation is 1. The molecule has 3 aromatic rings. The molecule has 1 atom stereocenters. The second kappa shape index (κ2) is 6.59. The van der Waals surface area contributed by atoms with Crippen LogP contribution in [-0.4, -0.2) is 29.7 Å². The fourth-order valence-corrected chi connectivity index (χ4v) is 4.67. The number of fused-ring (bicyclic) bond motifs is 1. The van der Waals surface area contributed by atoms with Crippen LogP contribution in [0.3, 0.4) is 0 Å². The smallest absolute Gasteiger partial charge is 0.126 e. The van der Waals surface area contributed by atoms with Crippen molar-refractivity contribution in [2.24, 2.45) is 0 Å². The maximum Gasteiger partial charge on any atom is 0.126 e. The van der Waals surface area contributed by atoms with Crippen LogP contribution >= 0.6 is 38.9 Å². The summed E-state index contributed by atoms with van der Waals surface area (Å²) in [6.07, 6.45) is 1.82. The topological polar surface area (TPSA) is 38.2 Å². The Labute approximate surface area is 157 Å². The van der Waals surface area contributed by atoms with Crippen LogP contribution in [0.25, 0.3) is 10.9 Å². The predicted octanol–water partition coefficient (Wildman–Crippen LogP) is 4.99. The average molecular weight is 425 g/mol. The fraction of sp³-hybridized carbons (Fsp3) is 0.294. The van der Waals surface area contributed by atoms with Crippen molar-refractivity contribution in [3.05, 3.63) is 50.0 Å². The van der Waals surface area contributed by atoms with Crippen molar-refractivity contribution in [3.63, 3.8) is 0 Å². The molecular weight excluding hydrogens is 410 g/mol. The number of anilines is 1. The zero-order chi connectivity index (χ0) is 16.7. The third-order valence-corrected chi connectivity index (χ3v) is 5.86. The van der Waals surface area contributed by atoms with E-state index < -0.39 is 0 Å². The molecule has 3 heterocycles. The third-order valence-electron chi connectivity index (χ3n) is 4.06. The number of benzene rings is 1. The number of aromatic nitrogens is 2. The summed E-state index contributed by atoms with van der Waals surface area (Å²) in [5, 5.41) is 4.81. The lowest BCUT2D eigenvalue weighted by atomic mass is 10.1. The number of morpholine rings is 1. The quantitative estimate of drug-likeness (QED) is 0.580. The first-order chi connectivity index (χ1) is 11.6.